The van der Waals surface area contributed by atoms with Crippen molar-refractivity contribution in [3.05, 3.63) is 59.7 Å². The number of rotatable bonds is 10. The van der Waals surface area contributed by atoms with E-state index >= 15 is 0 Å². The third-order valence-electron chi connectivity index (χ3n) is 6.35. The number of carbonyl (C=O) groups is 3. The molecule has 2 aliphatic carbocycles. The van der Waals surface area contributed by atoms with Crippen LogP contribution < -0.4 is 10.6 Å². The number of carboxylic acid groups (broad SMARTS) is 1. The van der Waals surface area contributed by atoms with Gasteiger partial charge in [-0.3, -0.25) is 9.59 Å². The Morgan fingerprint density at radius 2 is 1.56 bits per heavy atom. The van der Waals surface area contributed by atoms with Crippen LogP contribution in [0.4, 0.5) is 4.79 Å². The molecule has 7 heteroatoms. The highest BCUT2D eigenvalue weighted by atomic mass is 16.5. The number of unbranched alkanes of at least 4 members (excludes halogenated alkanes) is 1. The van der Waals surface area contributed by atoms with Crippen molar-refractivity contribution in [3.63, 3.8) is 0 Å². The largest absolute Gasteiger partial charge is 0.481 e. The molecular weight excluding hydrogens is 408 g/mol. The van der Waals surface area contributed by atoms with Crippen molar-refractivity contribution >= 4 is 18.0 Å². The maximum absolute atomic E-state index is 12.5. The van der Waals surface area contributed by atoms with Gasteiger partial charge in [0.05, 0.1) is 5.41 Å². The first-order valence-electron chi connectivity index (χ1n) is 11.1. The number of fused-ring (bicyclic) bond motifs is 3. The minimum Gasteiger partial charge on any atom is -0.481 e. The topological polar surface area (TPSA) is 105 Å². The molecule has 0 atom stereocenters. The van der Waals surface area contributed by atoms with Gasteiger partial charge in [-0.1, -0.05) is 48.5 Å². The molecule has 0 spiro atoms. The Morgan fingerprint density at radius 3 is 2.16 bits per heavy atom. The Morgan fingerprint density at radius 1 is 0.938 bits per heavy atom. The summed E-state index contributed by atoms with van der Waals surface area (Å²) in [5, 5.41) is 14.3. The number of amides is 2. The SMILES string of the molecule is O=C(O)CCCCNC(=O)C1(CNC(=O)OCC2c3ccccc3-c3ccccc32)CC1. The first-order chi connectivity index (χ1) is 15.5. The van der Waals surface area contributed by atoms with Gasteiger partial charge in [0.2, 0.25) is 5.91 Å². The van der Waals surface area contributed by atoms with Crippen molar-refractivity contribution in [2.75, 3.05) is 19.7 Å². The molecule has 0 bridgehead atoms. The minimum atomic E-state index is -0.831. The van der Waals surface area contributed by atoms with Crippen LogP contribution in [0.5, 0.6) is 0 Å². The number of hydrogen-bond donors (Lipinski definition) is 3. The van der Waals surface area contributed by atoms with E-state index in [0.717, 1.165) is 24.0 Å². The lowest BCUT2D eigenvalue weighted by atomic mass is 9.98. The molecule has 0 aromatic heterocycles. The third kappa shape index (κ3) is 4.77. The van der Waals surface area contributed by atoms with E-state index in [4.69, 9.17) is 9.84 Å². The van der Waals surface area contributed by atoms with E-state index in [2.05, 4.69) is 34.9 Å². The van der Waals surface area contributed by atoms with Crippen molar-refractivity contribution in [1.29, 1.82) is 0 Å². The van der Waals surface area contributed by atoms with Crippen LogP contribution >= 0.6 is 0 Å². The van der Waals surface area contributed by atoms with Gasteiger partial charge in [0, 0.05) is 25.4 Å². The summed E-state index contributed by atoms with van der Waals surface area (Å²) in [4.78, 5) is 35.4. The van der Waals surface area contributed by atoms with Gasteiger partial charge >= 0.3 is 12.1 Å². The van der Waals surface area contributed by atoms with Crippen molar-refractivity contribution in [3.8, 4) is 11.1 Å². The van der Waals surface area contributed by atoms with Crippen molar-refractivity contribution < 1.29 is 24.2 Å². The number of carbonyl (C=O) groups excluding carboxylic acids is 2. The van der Waals surface area contributed by atoms with Gasteiger partial charge in [-0.25, -0.2) is 4.79 Å². The van der Waals surface area contributed by atoms with Crippen molar-refractivity contribution in [1.82, 2.24) is 10.6 Å². The third-order valence-corrected chi connectivity index (χ3v) is 6.35. The maximum atomic E-state index is 12.5. The molecular formula is C25H28N2O5. The van der Waals surface area contributed by atoms with E-state index in [9.17, 15) is 14.4 Å². The highest BCUT2D eigenvalue weighted by molar-refractivity contribution is 5.86. The number of benzene rings is 2. The Kier molecular flexibility index (Phi) is 6.44. The summed E-state index contributed by atoms with van der Waals surface area (Å²) in [6, 6.07) is 16.3. The monoisotopic (exact) mass is 436 g/mol. The van der Waals surface area contributed by atoms with Gasteiger partial charge in [-0.05, 0) is 47.9 Å². The first kappa shape index (κ1) is 21.9. The van der Waals surface area contributed by atoms with Gasteiger partial charge in [0.25, 0.3) is 0 Å². The number of hydrogen-bond acceptors (Lipinski definition) is 4. The van der Waals surface area contributed by atoms with Gasteiger partial charge in [-0.15, -0.1) is 0 Å². The highest BCUT2D eigenvalue weighted by Gasteiger charge is 2.49. The number of carboxylic acids is 1. The molecule has 2 aliphatic rings. The van der Waals surface area contributed by atoms with Crippen LogP contribution in [-0.4, -0.2) is 42.8 Å². The van der Waals surface area contributed by atoms with Gasteiger partial charge < -0.3 is 20.5 Å². The lowest BCUT2D eigenvalue weighted by Gasteiger charge is -2.17. The van der Waals surface area contributed by atoms with E-state index in [0.29, 0.717) is 19.4 Å². The van der Waals surface area contributed by atoms with Gasteiger partial charge in [0.1, 0.15) is 6.61 Å². The van der Waals surface area contributed by atoms with Crippen LogP contribution in [0.2, 0.25) is 0 Å². The summed E-state index contributed by atoms with van der Waals surface area (Å²) in [6.07, 6.45) is 2.17. The fraction of sp³-hybridized carbons (Fsp3) is 0.400. The number of aliphatic carboxylic acids is 1. The Hall–Kier alpha value is -3.35. The standard InChI is InChI=1S/C25H28N2O5/c28-22(29)11-5-6-14-26-23(30)25(12-13-25)16-27-24(31)32-15-21-19-9-3-1-7-17(19)18-8-2-4-10-20(18)21/h1-4,7-10,21H,5-6,11-16H2,(H,26,30)(H,27,31)(H,28,29). The van der Waals surface area contributed by atoms with E-state index < -0.39 is 17.5 Å². The lowest BCUT2D eigenvalue weighted by molar-refractivity contribution is -0.137. The zero-order valence-corrected chi connectivity index (χ0v) is 17.9. The van der Waals surface area contributed by atoms with Crippen LogP contribution in [0.3, 0.4) is 0 Å². The number of nitrogens with one attached hydrogen (secondary N) is 2. The number of ether oxygens (including phenoxy) is 1. The second kappa shape index (κ2) is 9.42. The van der Waals surface area contributed by atoms with Crippen LogP contribution in [0, 0.1) is 5.41 Å². The molecule has 0 saturated heterocycles. The Bertz CT molecular complexity index is 969. The first-order valence-corrected chi connectivity index (χ1v) is 11.1. The van der Waals surface area contributed by atoms with Crippen molar-refractivity contribution in [2.45, 2.75) is 38.0 Å². The molecule has 168 valence electrons. The molecule has 0 aliphatic heterocycles. The summed E-state index contributed by atoms with van der Waals surface area (Å²) in [7, 11) is 0. The summed E-state index contributed by atoms with van der Waals surface area (Å²) >= 11 is 0. The van der Waals surface area contributed by atoms with E-state index in [1.165, 1.54) is 11.1 Å². The second-order valence-corrected chi connectivity index (χ2v) is 8.57. The normalized spacial score (nSPS) is 15.4. The predicted molar refractivity (Wildman–Crippen MR) is 119 cm³/mol. The van der Waals surface area contributed by atoms with E-state index in [1.54, 1.807) is 0 Å². The molecule has 1 fully saturated rings. The molecule has 3 N–H and O–H groups in total. The molecule has 2 aromatic rings. The smallest absolute Gasteiger partial charge is 0.407 e. The lowest BCUT2D eigenvalue weighted by Crippen LogP contribution is -2.41. The van der Waals surface area contributed by atoms with Crippen molar-refractivity contribution in [2.24, 2.45) is 5.41 Å². The molecule has 32 heavy (non-hydrogen) atoms. The highest BCUT2D eigenvalue weighted by Crippen LogP contribution is 2.46. The Balaban J connectivity index is 1.25. The molecule has 4 rings (SSSR count). The second-order valence-electron chi connectivity index (χ2n) is 8.57. The maximum Gasteiger partial charge on any atom is 0.407 e. The quantitative estimate of drug-likeness (QED) is 0.493. The van der Waals surface area contributed by atoms with Gasteiger partial charge in [-0.2, -0.15) is 0 Å². The summed E-state index contributed by atoms with van der Waals surface area (Å²) in [5.74, 6) is -0.925. The van der Waals surface area contributed by atoms with Crippen LogP contribution in [0.1, 0.15) is 49.1 Å². The van der Waals surface area contributed by atoms with Crippen LogP contribution in [0.25, 0.3) is 11.1 Å². The molecule has 1 saturated carbocycles. The average Bonchev–Trinajstić information content (AvgIpc) is 3.53. The van der Waals surface area contributed by atoms with Gasteiger partial charge in [0.15, 0.2) is 0 Å². The Labute approximate surface area is 187 Å². The van der Waals surface area contributed by atoms with E-state index in [1.807, 2.05) is 24.3 Å². The predicted octanol–water partition coefficient (Wildman–Crippen LogP) is 3.68. The molecule has 0 unspecified atom stereocenters. The molecule has 0 radical (unpaired) electrons. The summed E-state index contributed by atoms with van der Waals surface area (Å²) < 4.78 is 5.54. The summed E-state index contributed by atoms with van der Waals surface area (Å²) in [6.45, 7) is 0.923. The fourth-order valence-electron chi connectivity index (χ4n) is 4.32. The summed E-state index contributed by atoms with van der Waals surface area (Å²) in [5.41, 5.74) is 4.09. The van der Waals surface area contributed by atoms with Crippen LogP contribution in [-0.2, 0) is 14.3 Å². The molecule has 0 heterocycles. The van der Waals surface area contributed by atoms with E-state index in [-0.39, 0.29) is 31.4 Å². The fourth-order valence-corrected chi connectivity index (χ4v) is 4.32. The zero-order chi connectivity index (χ0) is 22.6. The molecule has 7 nitrogen and oxygen atoms in total. The van der Waals surface area contributed by atoms with Crippen LogP contribution in [0.15, 0.2) is 48.5 Å². The zero-order valence-electron chi connectivity index (χ0n) is 17.9. The molecule has 2 amide bonds. The minimum absolute atomic E-state index is 0.00265. The average molecular weight is 437 g/mol. The number of alkyl carbamates (subject to hydrolysis) is 1. The molecule has 2 aromatic carbocycles.